The summed E-state index contributed by atoms with van der Waals surface area (Å²) in [5.74, 6) is 0.0737. The molecule has 206 valence electrons. The SMILES string of the molecule is C.CC(C)(N)C(=O)N[C@H](COCc1ccccc1)c1nnc2cccc(COC(=O)NN3CCOCC3)n12. The van der Waals surface area contributed by atoms with Crippen LogP contribution in [-0.4, -0.2) is 70.1 Å². The quantitative estimate of drug-likeness (QED) is 0.360. The number of carbonyl (C=O) groups is 2. The van der Waals surface area contributed by atoms with Crippen LogP contribution in [0.4, 0.5) is 4.79 Å². The number of nitrogens with zero attached hydrogens (tertiary/aromatic N) is 4. The summed E-state index contributed by atoms with van der Waals surface area (Å²) >= 11 is 0. The zero-order chi connectivity index (χ0) is 26.3. The van der Waals surface area contributed by atoms with Gasteiger partial charge in [-0.2, -0.15) is 0 Å². The number of nitrogens with one attached hydrogen (secondary N) is 2. The van der Waals surface area contributed by atoms with E-state index in [4.69, 9.17) is 19.9 Å². The summed E-state index contributed by atoms with van der Waals surface area (Å²) in [6, 6.07) is 14.4. The highest BCUT2D eigenvalue weighted by molar-refractivity contribution is 5.85. The van der Waals surface area contributed by atoms with Gasteiger partial charge in [0.2, 0.25) is 5.91 Å². The highest BCUT2D eigenvalue weighted by atomic mass is 16.6. The highest BCUT2D eigenvalue weighted by Crippen LogP contribution is 2.18. The summed E-state index contributed by atoms with van der Waals surface area (Å²) in [7, 11) is 0. The van der Waals surface area contributed by atoms with Crippen molar-refractivity contribution in [3.05, 3.63) is 65.6 Å². The zero-order valence-electron chi connectivity index (χ0n) is 21.1. The van der Waals surface area contributed by atoms with Gasteiger partial charge in [-0.15, -0.1) is 10.2 Å². The average molecular weight is 528 g/mol. The van der Waals surface area contributed by atoms with Crippen molar-refractivity contribution in [1.82, 2.24) is 30.3 Å². The van der Waals surface area contributed by atoms with Crippen molar-refractivity contribution in [1.29, 1.82) is 0 Å². The lowest BCUT2D eigenvalue weighted by atomic mass is 10.1. The number of morpholine rings is 1. The maximum Gasteiger partial charge on any atom is 0.422 e. The normalized spacial score (nSPS) is 14.9. The Labute approximate surface area is 222 Å². The molecule has 12 heteroatoms. The minimum absolute atomic E-state index is 0. The molecule has 1 aliphatic heterocycles. The van der Waals surface area contributed by atoms with Crippen LogP contribution in [0.3, 0.4) is 0 Å². The molecule has 3 aromatic rings. The number of aromatic nitrogens is 3. The lowest BCUT2D eigenvalue weighted by Gasteiger charge is -2.26. The van der Waals surface area contributed by atoms with E-state index in [9.17, 15) is 9.59 Å². The minimum atomic E-state index is -1.11. The molecule has 0 radical (unpaired) electrons. The molecule has 2 amide bonds. The number of amides is 2. The number of benzene rings is 1. The Bertz CT molecular complexity index is 1190. The Balaban J connectivity index is 0.00000400. The molecule has 0 unspecified atom stereocenters. The number of hydrazine groups is 1. The van der Waals surface area contributed by atoms with Crippen molar-refractivity contribution in [2.24, 2.45) is 5.73 Å². The Morgan fingerprint density at radius 1 is 1.08 bits per heavy atom. The summed E-state index contributed by atoms with van der Waals surface area (Å²) < 4.78 is 18.5. The van der Waals surface area contributed by atoms with Gasteiger partial charge in [-0.1, -0.05) is 43.8 Å². The Morgan fingerprint density at radius 3 is 2.53 bits per heavy atom. The number of ether oxygens (including phenoxy) is 3. The van der Waals surface area contributed by atoms with E-state index in [1.54, 1.807) is 41.5 Å². The average Bonchev–Trinajstić information content (AvgIpc) is 3.32. The van der Waals surface area contributed by atoms with Crippen LogP contribution in [0.1, 0.15) is 44.4 Å². The molecule has 1 atom stereocenters. The number of rotatable bonds is 10. The van der Waals surface area contributed by atoms with Gasteiger partial charge in [-0.05, 0) is 31.5 Å². The lowest BCUT2D eigenvalue weighted by molar-refractivity contribution is -0.126. The smallest absolute Gasteiger partial charge is 0.422 e. The minimum Gasteiger partial charge on any atom is -0.442 e. The van der Waals surface area contributed by atoms with Crippen LogP contribution in [0.15, 0.2) is 48.5 Å². The number of fused-ring (bicyclic) bond motifs is 1. The Morgan fingerprint density at radius 2 is 1.82 bits per heavy atom. The standard InChI is InChI=1S/C25H33N7O5.CH4/c1-25(2,26)23(33)27-20(17-36-15-18-7-4-3-5-8-18)22-29-28-21-10-6-9-19(32(21)22)16-37-24(34)30-31-11-13-35-14-12-31;/h3-10,20H,11-17,26H2,1-2H3,(H,27,33)(H,30,34);1H4/t20-;/m1./s1. The lowest BCUT2D eigenvalue weighted by Crippen LogP contribution is -2.51. The number of pyridine rings is 1. The van der Waals surface area contributed by atoms with E-state index in [2.05, 4.69) is 20.9 Å². The van der Waals surface area contributed by atoms with Crippen molar-refractivity contribution < 1.29 is 23.8 Å². The maximum atomic E-state index is 12.8. The first-order valence-corrected chi connectivity index (χ1v) is 12.1. The molecule has 3 heterocycles. The van der Waals surface area contributed by atoms with Crippen molar-refractivity contribution in [2.75, 3.05) is 32.9 Å². The Kier molecular flexibility index (Phi) is 10.1. The molecule has 0 aliphatic carbocycles. The Hall–Kier alpha value is -3.58. The van der Waals surface area contributed by atoms with Gasteiger partial charge in [0.05, 0.1) is 37.7 Å². The van der Waals surface area contributed by atoms with Crippen LogP contribution in [0.25, 0.3) is 5.65 Å². The fraction of sp³-hybridized carbons (Fsp3) is 0.462. The van der Waals surface area contributed by atoms with Crippen LogP contribution < -0.4 is 16.5 Å². The molecule has 1 fully saturated rings. The second-order valence-corrected chi connectivity index (χ2v) is 9.30. The van der Waals surface area contributed by atoms with Gasteiger partial charge in [0.15, 0.2) is 11.5 Å². The van der Waals surface area contributed by atoms with Crippen LogP contribution in [0, 0.1) is 0 Å². The molecular weight excluding hydrogens is 490 g/mol. The maximum absolute atomic E-state index is 12.8. The predicted octanol–water partition coefficient (Wildman–Crippen LogP) is 1.95. The fourth-order valence-corrected chi connectivity index (χ4v) is 3.74. The summed E-state index contributed by atoms with van der Waals surface area (Å²) in [5, 5.41) is 13.3. The topological polar surface area (TPSA) is 145 Å². The van der Waals surface area contributed by atoms with Crippen LogP contribution in [-0.2, 0) is 32.2 Å². The second-order valence-electron chi connectivity index (χ2n) is 9.30. The first-order chi connectivity index (χ1) is 17.8. The van der Waals surface area contributed by atoms with Gasteiger partial charge in [-0.25, -0.2) is 9.80 Å². The molecule has 1 aliphatic rings. The molecular formula is C26H37N7O5. The first-order valence-electron chi connectivity index (χ1n) is 12.1. The summed E-state index contributed by atoms with van der Waals surface area (Å²) in [4.78, 5) is 25.2. The monoisotopic (exact) mass is 527 g/mol. The van der Waals surface area contributed by atoms with Gasteiger partial charge in [0.1, 0.15) is 12.6 Å². The van der Waals surface area contributed by atoms with Crippen molar-refractivity contribution >= 4 is 17.6 Å². The van der Waals surface area contributed by atoms with Gasteiger partial charge >= 0.3 is 6.09 Å². The molecule has 4 N–H and O–H groups in total. The summed E-state index contributed by atoms with van der Waals surface area (Å²) in [6.45, 7) is 5.96. The van der Waals surface area contributed by atoms with E-state index in [1.807, 2.05) is 30.3 Å². The van der Waals surface area contributed by atoms with E-state index in [1.165, 1.54) is 0 Å². The molecule has 2 aromatic heterocycles. The molecule has 0 saturated carbocycles. The molecule has 1 aromatic carbocycles. The van der Waals surface area contributed by atoms with Gasteiger partial charge in [-0.3, -0.25) is 14.6 Å². The molecule has 0 bridgehead atoms. The van der Waals surface area contributed by atoms with Crippen LogP contribution in [0.2, 0.25) is 0 Å². The molecule has 12 nitrogen and oxygen atoms in total. The van der Waals surface area contributed by atoms with E-state index in [0.29, 0.717) is 50.1 Å². The van der Waals surface area contributed by atoms with Gasteiger partial charge < -0.3 is 25.3 Å². The van der Waals surface area contributed by atoms with E-state index in [-0.39, 0.29) is 26.5 Å². The van der Waals surface area contributed by atoms with Crippen molar-refractivity contribution in [3.63, 3.8) is 0 Å². The second kappa shape index (κ2) is 13.3. The van der Waals surface area contributed by atoms with Crippen LogP contribution >= 0.6 is 0 Å². The van der Waals surface area contributed by atoms with Crippen molar-refractivity contribution in [2.45, 2.75) is 46.1 Å². The van der Waals surface area contributed by atoms with Crippen LogP contribution in [0.5, 0.6) is 0 Å². The number of hydrogen-bond acceptors (Lipinski definition) is 9. The molecule has 1 saturated heterocycles. The zero-order valence-corrected chi connectivity index (χ0v) is 21.1. The van der Waals surface area contributed by atoms with E-state index < -0.39 is 17.7 Å². The van der Waals surface area contributed by atoms with Gasteiger partial charge in [0.25, 0.3) is 0 Å². The number of carbonyl (C=O) groups excluding carboxylic acids is 2. The third kappa shape index (κ3) is 7.71. The summed E-state index contributed by atoms with van der Waals surface area (Å²) in [6.07, 6.45) is -0.575. The molecule has 38 heavy (non-hydrogen) atoms. The fourth-order valence-electron chi connectivity index (χ4n) is 3.74. The third-order valence-corrected chi connectivity index (χ3v) is 5.74. The molecule has 4 rings (SSSR count). The first kappa shape index (κ1) is 29.0. The number of nitrogens with two attached hydrogens (primary N) is 1. The number of hydrogen-bond donors (Lipinski definition) is 3. The highest BCUT2D eigenvalue weighted by Gasteiger charge is 2.28. The molecule has 0 spiro atoms. The largest absolute Gasteiger partial charge is 0.442 e. The predicted molar refractivity (Wildman–Crippen MR) is 141 cm³/mol. The van der Waals surface area contributed by atoms with Crippen molar-refractivity contribution in [3.8, 4) is 0 Å². The van der Waals surface area contributed by atoms with Gasteiger partial charge in [0, 0.05) is 13.1 Å². The third-order valence-electron chi connectivity index (χ3n) is 5.74. The van der Waals surface area contributed by atoms with E-state index in [0.717, 1.165) is 5.56 Å². The van der Waals surface area contributed by atoms with E-state index >= 15 is 0 Å². The summed E-state index contributed by atoms with van der Waals surface area (Å²) in [5.41, 5.74) is 9.80.